The van der Waals surface area contributed by atoms with E-state index in [9.17, 15) is 9.90 Å². The highest BCUT2D eigenvalue weighted by atomic mass is 79.9. The van der Waals surface area contributed by atoms with Crippen LogP contribution in [0.1, 0.15) is 23.2 Å². The molecule has 2 N–H and O–H groups in total. The average Bonchev–Trinajstić information content (AvgIpc) is 2.40. The largest absolute Gasteiger partial charge is 0.388 e. The van der Waals surface area contributed by atoms with E-state index in [0.29, 0.717) is 41.1 Å². The lowest BCUT2D eigenvalue weighted by Crippen LogP contribution is -2.46. The van der Waals surface area contributed by atoms with Crippen LogP contribution in [0.3, 0.4) is 0 Å². The van der Waals surface area contributed by atoms with Gasteiger partial charge in [0.05, 0.1) is 10.6 Å². The van der Waals surface area contributed by atoms with Crippen molar-refractivity contribution in [2.24, 2.45) is 0 Å². The first kappa shape index (κ1) is 14.8. The highest BCUT2D eigenvalue weighted by molar-refractivity contribution is 9.10. The van der Waals surface area contributed by atoms with Crippen LogP contribution in [0.25, 0.3) is 0 Å². The second-order valence-electron chi connectivity index (χ2n) is 4.65. The van der Waals surface area contributed by atoms with Gasteiger partial charge in [-0.1, -0.05) is 11.6 Å². The number of carbonyl (C=O) groups excluding carboxylic acids is 1. The van der Waals surface area contributed by atoms with Gasteiger partial charge in [-0.2, -0.15) is 0 Å². The van der Waals surface area contributed by atoms with E-state index in [4.69, 9.17) is 16.3 Å². The van der Waals surface area contributed by atoms with Gasteiger partial charge in [0.2, 0.25) is 0 Å². The molecular weight excluding hydrogens is 334 g/mol. The molecule has 19 heavy (non-hydrogen) atoms. The minimum atomic E-state index is -0.864. The first-order chi connectivity index (χ1) is 9.00. The van der Waals surface area contributed by atoms with Crippen molar-refractivity contribution in [2.45, 2.75) is 18.4 Å². The molecule has 0 aliphatic carbocycles. The van der Waals surface area contributed by atoms with Gasteiger partial charge in [-0.25, -0.2) is 0 Å². The second-order valence-corrected chi connectivity index (χ2v) is 5.91. The van der Waals surface area contributed by atoms with Crippen LogP contribution >= 0.6 is 27.5 Å². The van der Waals surface area contributed by atoms with Crippen LogP contribution in [0.5, 0.6) is 0 Å². The van der Waals surface area contributed by atoms with Crippen LogP contribution in [-0.2, 0) is 4.74 Å². The number of carbonyl (C=O) groups is 1. The number of aliphatic hydroxyl groups is 1. The zero-order chi connectivity index (χ0) is 13.9. The number of benzene rings is 1. The maximum Gasteiger partial charge on any atom is 0.251 e. The third kappa shape index (κ3) is 3.92. The van der Waals surface area contributed by atoms with E-state index in [1.165, 1.54) is 0 Å². The number of hydrogen-bond acceptors (Lipinski definition) is 3. The lowest BCUT2D eigenvalue weighted by molar-refractivity contribution is -0.0605. The molecule has 0 spiro atoms. The Morgan fingerprint density at radius 3 is 2.79 bits per heavy atom. The number of nitrogens with one attached hydrogen (secondary N) is 1. The molecule has 1 heterocycles. The Labute approximate surface area is 125 Å². The molecule has 0 saturated carbocycles. The Bertz CT molecular complexity index is 475. The Kier molecular flexibility index (Phi) is 4.84. The summed E-state index contributed by atoms with van der Waals surface area (Å²) in [5.41, 5.74) is -0.357. The molecule has 6 heteroatoms. The molecule has 1 aliphatic rings. The standard InChI is InChI=1S/C13H15BrClNO3/c14-10-7-9(1-2-11(10)15)12(17)16-8-13(18)3-5-19-6-4-13/h1-2,7,18H,3-6,8H2,(H,16,17). The van der Waals surface area contributed by atoms with E-state index in [0.717, 1.165) is 0 Å². The van der Waals surface area contributed by atoms with Crippen molar-refractivity contribution in [1.82, 2.24) is 5.32 Å². The van der Waals surface area contributed by atoms with Crippen LogP contribution in [0, 0.1) is 0 Å². The van der Waals surface area contributed by atoms with E-state index in [1.54, 1.807) is 18.2 Å². The predicted octanol–water partition coefficient (Wildman–Crippen LogP) is 2.37. The van der Waals surface area contributed by atoms with Crippen molar-refractivity contribution < 1.29 is 14.6 Å². The van der Waals surface area contributed by atoms with Crippen LogP contribution in [0.4, 0.5) is 0 Å². The maximum atomic E-state index is 12.0. The summed E-state index contributed by atoms with van der Waals surface area (Å²) in [6, 6.07) is 4.96. The molecule has 1 aromatic carbocycles. The van der Waals surface area contributed by atoms with Crippen molar-refractivity contribution in [1.29, 1.82) is 0 Å². The van der Waals surface area contributed by atoms with Crippen LogP contribution < -0.4 is 5.32 Å². The van der Waals surface area contributed by atoms with Gasteiger partial charge in [-0.05, 0) is 34.1 Å². The molecule has 0 bridgehead atoms. The zero-order valence-electron chi connectivity index (χ0n) is 10.3. The van der Waals surface area contributed by atoms with Gasteiger partial charge >= 0.3 is 0 Å². The van der Waals surface area contributed by atoms with E-state index in [-0.39, 0.29) is 12.5 Å². The van der Waals surface area contributed by atoms with Crippen LogP contribution in [0.15, 0.2) is 22.7 Å². The SMILES string of the molecule is O=C(NCC1(O)CCOCC1)c1ccc(Cl)c(Br)c1. The Balaban J connectivity index is 1.95. The molecular formula is C13H15BrClNO3. The van der Waals surface area contributed by atoms with Crippen molar-refractivity contribution in [2.75, 3.05) is 19.8 Å². The molecule has 104 valence electrons. The van der Waals surface area contributed by atoms with Gasteiger partial charge in [0.1, 0.15) is 0 Å². The smallest absolute Gasteiger partial charge is 0.251 e. The monoisotopic (exact) mass is 347 g/mol. The molecule has 4 nitrogen and oxygen atoms in total. The fourth-order valence-electron chi connectivity index (χ4n) is 1.91. The van der Waals surface area contributed by atoms with E-state index >= 15 is 0 Å². The Morgan fingerprint density at radius 1 is 1.47 bits per heavy atom. The summed E-state index contributed by atoms with van der Waals surface area (Å²) in [5.74, 6) is -0.225. The fourth-order valence-corrected chi connectivity index (χ4v) is 2.41. The van der Waals surface area contributed by atoms with Crippen molar-refractivity contribution in [3.63, 3.8) is 0 Å². The maximum absolute atomic E-state index is 12.0. The van der Waals surface area contributed by atoms with E-state index < -0.39 is 5.60 Å². The lowest BCUT2D eigenvalue weighted by atomic mass is 9.94. The molecule has 1 saturated heterocycles. The first-order valence-corrected chi connectivity index (χ1v) is 7.21. The molecule has 1 aromatic rings. The minimum Gasteiger partial charge on any atom is -0.388 e. The fraction of sp³-hybridized carbons (Fsp3) is 0.462. The lowest BCUT2D eigenvalue weighted by Gasteiger charge is -2.32. The third-order valence-electron chi connectivity index (χ3n) is 3.18. The molecule has 1 fully saturated rings. The Morgan fingerprint density at radius 2 is 2.16 bits per heavy atom. The molecule has 0 unspecified atom stereocenters. The molecule has 0 atom stereocenters. The normalized spacial score (nSPS) is 18.1. The van der Waals surface area contributed by atoms with Gasteiger partial charge in [0.15, 0.2) is 0 Å². The highest BCUT2D eigenvalue weighted by Gasteiger charge is 2.30. The van der Waals surface area contributed by atoms with Gasteiger partial charge in [-0.3, -0.25) is 4.79 Å². The summed E-state index contributed by atoms with van der Waals surface area (Å²) < 4.78 is 5.86. The topological polar surface area (TPSA) is 58.6 Å². The van der Waals surface area contributed by atoms with Crippen LogP contribution in [0.2, 0.25) is 5.02 Å². The van der Waals surface area contributed by atoms with E-state index in [1.807, 2.05) is 0 Å². The quantitative estimate of drug-likeness (QED) is 0.882. The summed E-state index contributed by atoms with van der Waals surface area (Å²) in [6.07, 6.45) is 1.08. The zero-order valence-corrected chi connectivity index (χ0v) is 12.6. The van der Waals surface area contributed by atoms with Crippen LogP contribution in [-0.4, -0.2) is 36.4 Å². The number of hydrogen-bond donors (Lipinski definition) is 2. The van der Waals surface area contributed by atoms with E-state index in [2.05, 4.69) is 21.2 Å². The average molecular weight is 349 g/mol. The highest BCUT2D eigenvalue weighted by Crippen LogP contribution is 2.23. The summed E-state index contributed by atoms with van der Waals surface area (Å²) in [5, 5.41) is 13.5. The molecule has 0 radical (unpaired) electrons. The van der Waals surface area contributed by atoms with Gasteiger partial charge in [0.25, 0.3) is 5.91 Å². The number of ether oxygens (including phenoxy) is 1. The van der Waals surface area contributed by atoms with Crippen molar-refractivity contribution in [3.05, 3.63) is 33.3 Å². The molecule has 1 aliphatic heterocycles. The molecule has 0 aromatic heterocycles. The number of amides is 1. The van der Waals surface area contributed by atoms with Crippen molar-refractivity contribution in [3.8, 4) is 0 Å². The number of rotatable bonds is 3. The summed E-state index contributed by atoms with van der Waals surface area (Å²) >= 11 is 9.15. The summed E-state index contributed by atoms with van der Waals surface area (Å²) in [4.78, 5) is 12.0. The van der Waals surface area contributed by atoms with Gasteiger partial charge in [0, 0.05) is 42.6 Å². The third-order valence-corrected chi connectivity index (χ3v) is 4.40. The Hall–Kier alpha value is -0.620. The predicted molar refractivity (Wildman–Crippen MR) is 76.5 cm³/mol. The minimum absolute atomic E-state index is 0.225. The second kappa shape index (κ2) is 6.22. The van der Waals surface area contributed by atoms with Gasteiger partial charge in [-0.15, -0.1) is 0 Å². The molecule has 1 amide bonds. The molecule has 2 rings (SSSR count). The first-order valence-electron chi connectivity index (χ1n) is 6.04. The summed E-state index contributed by atoms with van der Waals surface area (Å²) in [6.45, 7) is 1.28. The number of halogens is 2. The van der Waals surface area contributed by atoms with Gasteiger partial charge < -0.3 is 15.2 Å². The summed E-state index contributed by atoms with van der Waals surface area (Å²) in [7, 11) is 0. The van der Waals surface area contributed by atoms with Crippen molar-refractivity contribution >= 4 is 33.4 Å².